The minimum Gasteiger partial charge on any atom is -0.497 e. The summed E-state index contributed by atoms with van der Waals surface area (Å²) in [5.74, 6) is 2.22. The third kappa shape index (κ3) is 5.08. The molecule has 1 saturated carbocycles. The van der Waals surface area contributed by atoms with Crippen molar-refractivity contribution in [1.82, 2.24) is 14.5 Å². The van der Waals surface area contributed by atoms with Crippen LogP contribution in [0.25, 0.3) is 16.6 Å². The zero-order valence-electron chi connectivity index (χ0n) is 20.9. The molecule has 0 radical (unpaired) electrons. The van der Waals surface area contributed by atoms with E-state index in [4.69, 9.17) is 14.5 Å². The van der Waals surface area contributed by atoms with E-state index in [1.165, 1.54) is 0 Å². The van der Waals surface area contributed by atoms with Gasteiger partial charge in [-0.15, -0.1) is 0 Å². The fraction of sp³-hybridized carbons (Fsp3) is 0.444. The topological polar surface area (TPSA) is 73.7 Å². The number of nitrogens with zero attached hydrogens (tertiary/aromatic N) is 3. The van der Waals surface area contributed by atoms with Crippen molar-refractivity contribution in [1.29, 1.82) is 0 Å². The first kappa shape index (κ1) is 25.2. The van der Waals surface area contributed by atoms with Gasteiger partial charge < -0.3 is 14.4 Å². The Morgan fingerprint density at radius 1 is 1.17 bits per heavy atom. The minimum absolute atomic E-state index is 0.0638. The Bertz CT molecular complexity index is 1300. The second-order valence-corrected chi connectivity index (χ2v) is 10.2. The molecule has 0 spiro atoms. The number of hydrogen-bond acceptors (Lipinski definition) is 5. The monoisotopic (exact) mass is 541 g/mol. The molecule has 0 saturated heterocycles. The molecule has 0 bridgehead atoms. The largest absolute Gasteiger partial charge is 0.497 e. The Balaban J connectivity index is 1.96. The van der Waals surface area contributed by atoms with Gasteiger partial charge in [-0.05, 0) is 60.2 Å². The molecule has 8 heteroatoms. The number of ether oxygens (including phenoxy) is 2. The number of rotatable bonds is 9. The predicted octanol–water partition coefficient (Wildman–Crippen LogP) is 5.51. The molecule has 1 aromatic heterocycles. The zero-order valence-corrected chi connectivity index (χ0v) is 22.5. The molecule has 1 unspecified atom stereocenters. The summed E-state index contributed by atoms with van der Waals surface area (Å²) < 4.78 is 13.2. The number of fused-ring (bicyclic) bond motifs is 1. The third-order valence-electron chi connectivity index (χ3n) is 6.49. The lowest BCUT2D eigenvalue weighted by molar-refractivity contribution is -0.135. The second kappa shape index (κ2) is 10.4. The van der Waals surface area contributed by atoms with Crippen LogP contribution in [-0.2, 0) is 4.79 Å². The Morgan fingerprint density at radius 3 is 2.51 bits per heavy atom. The lowest BCUT2D eigenvalue weighted by Gasteiger charge is -2.31. The molecule has 1 atom stereocenters. The highest BCUT2D eigenvalue weighted by Crippen LogP contribution is 2.38. The molecule has 1 amide bonds. The van der Waals surface area contributed by atoms with Crippen molar-refractivity contribution in [3.8, 4) is 17.2 Å². The van der Waals surface area contributed by atoms with Crippen LogP contribution in [0.15, 0.2) is 45.7 Å². The summed E-state index contributed by atoms with van der Waals surface area (Å²) in [4.78, 5) is 34.1. The van der Waals surface area contributed by atoms with Gasteiger partial charge >= 0.3 is 0 Å². The number of para-hydroxylation sites is 1. The molecule has 0 N–H and O–H groups in total. The fourth-order valence-electron chi connectivity index (χ4n) is 4.25. The maximum atomic E-state index is 13.9. The molecule has 1 aliphatic rings. The molecule has 2 aromatic carbocycles. The maximum absolute atomic E-state index is 13.9. The van der Waals surface area contributed by atoms with Crippen LogP contribution >= 0.6 is 15.9 Å². The highest BCUT2D eigenvalue weighted by atomic mass is 79.9. The van der Waals surface area contributed by atoms with Crippen molar-refractivity contribution >= 4 is 32.7 Å². The Labute approximate surface area is 214 Å². The van der Waals surface area contributed by atoms with Crippen LogP contribution in [0.2, 0.25) is 0 Å². The van der Waals surface area contributed by atoms with Crippen molar-refractivity contribution in [2.75, 3.05) is 20.8 Å². The Morgan fingerprint density at radius 2 is 1.89 bits per heavy atom. The highest BCUT2D eigenvalue weighted by Gasteiger charge is 2.37. The van der Waals surface area contributed by atoms with Gasteiger partial charge in [0.2, 0.25) is 5.91 Å². The van der Waals surface area contributed by atoms with Crippen LogP contribution in [0.1, 0.15) is 51.9 Å². The van der Waals surface area contributed by atoms with Gasteiger partial charge in [0.05, 0.1) is 41.3 Å². The minimum atomic E-state index is -0.414. The van der Waals surface area contributed by atoms with E-state index in [2.05, 4.69) is 29.8 Å². The molecule has 186 valence electrons. The Kier molecular flexibility index (Phi) is 7.50. The van der Waals surface area contributed by atoms with E-state index in [0.29, 0.717) is 50.8 Å². The second-order valence-electron chi connectivity index (χ2n) is 9.45. The summed E-state index contributed by atoms with van der Waals surface area (Å²) in [5, 5.41) is 0.499. The van der Waals surface area contributed by atoms with Gasteiger partial charge in [0, 0.05) is 24.6 Å². The average Bonchev–Trinajstić information content (AvgIpc) is 3.70. The van der Waals surface area contributed by atoms with Crippen molar-refractivity contribution in [2.24, 2.45) is 11.8 Å². The predicted molar refractivity (Wildman–Crippen MR) is 140 cm³/mol. The van der Waals surface area contributed by atoms with Crippen molar-refractivity contribution in [3.63, 3.8) is 0 Å². The first-order valence-electron chi connectivity index (χ1n) is 12.0. The normalized spacial score (nSPS) is 14.3. The van der Waals surface area contributed by atoms with Crippen LogP contribution in [0.5, 0.6) is 11.5 Å². The van der Waals surface area contributed by atoms with Gasteiger partial charge in [-0.2, -0.15) is 0 Å². The molecule has 4 rings (SSSR count). The number of benzene rings is 2. The first-order valence-corrected chi connectivity index (χ1v) is 12.8. The molecule has 1 aliphatic carbocycles. The molecular weight excluding hydrogens is 510 g/mol. The van der Waals surface area contributed by atoms with Gasteiger partial charge in [0.1, 0.15) is 17.3 Å². The SMILES string of the molecule is COc1cc(OC)c(Br)c(-n2c(C(C)N(CCC(C)C)C(=O)C3CC3)nc3ccccc3c2=O)c1. The van der Waals surface area contributed by atoms with Crippen LogP contribution in [0.3, 0.4) is 0 Å². The van der Waals surface area contributed by atoms with E-state index in [1.54, 1.807) is 37.0 Å². The summed E-state index contributed by atoms with van der Waals surface area (Å²) in [6.45, 7) is 6.86. The number of hydrogen-bond donors (Lipinski definition) is 0. The summed E-state index contributed by atoms with van der Waals surface area (Å²) >= 11 is 3.62. The number of aromatic nitrogens is 2. The summed E-state index contributed by atoms with van der Waals surface area (Å²) in [6, 6.07) is 10.4. The number of amides is 1. The number of carbonyl (C=O) groups excluding carboxylic acids is 1. The highest BCUT2D eigenvalue weighted by molar-refractivity contribution is 9.10. The van der Waals surface area contributed by atoms with Crippen LogP contribution in [0, 0.1) is 11.8 Å². The molecule has 1 heterocycles. The summed E-state index contributed by atoms with van der Waals surface area (Å²) in [5.41, 5.74) is 0.939. The lowest BCUT2D eigenvalue weighted by atomic mass is 10.1. The molecule has 1 fully saturated rings. The van der Waals surface area contributed by atoms with E-state index in [0.717, 1.165) is 19.3 Å². The fourth-order valence-corrected chi connectivity index (χ4v) is 4.81. The van der Waals surface area contributed by atoms with Gasteiger partial charge in [0.25, 0.3) is 5.56 Å². The number of carbonyl (C=O) groups is 1. The maximum Gasteiger partial charge on any atom is 0.266 e. The molecular formula is C27H32BrN3O4. The van der Waals surface area contributed by atoms with Crippen LogP contribution in [-0.4, -0.2) is 41.1 Å². The lowest BCUT2D eigenvalue weighted by Crippen LogP contribution is -2.39. The Hall–Kier alpha value is -2.87. The van der Waals surface area contributed by atoms with E-state index in [9.17, 15) is 9.59 Å². The quantitative estimate of drug-likeness (QED) is 0.357. The van der Waals surface area contributed by atoms with E-state index in [1.807, 2.05) is 30.0 Å². The van der Waals surface area contributed by atoms with Gasteiger partial charge in [-0.25, -0.2) is 4.98 Å². The molecule has 3 aromatic rings. The average molecular weight is 542 g/mol. The zero-order chi connectivity index (χ0) is 25.3. The molecule has 35 heavy (non-hydrogen) atoms. The smallest absolute Gasteiger partial charge is 0.266 e. The van der Waals surface area contributed by atoms with E-state index < -0.39 is 6.04 Å². The molecule has 0 aliphatic heterocycles. The van der Waals surface area contributed by atoms with Crippen molar-refractivity contribution in [3.05, 3.63) is 57.0 Å². The first-order chi connectivity index (χ1) is 16.8. The molecule has 7 nitrogen and oxygen atoms in total. The van der Waals surface area contributed by atoms with Gasteiger partial charge in [0.15, 0.2) is 0 Å². The van der Waals surface area contributed by atoms with E-state index >= 15 is 0 Å². The standard InChI is InChI=1S/C27H32BrN3O4/c1-16(2)12-13-30(26(32)18-10-11-18)17(3)25-29-21-9-7-6-8-20(21)27(33)31(25)22-14-19(34-4)15-23(35-5)24(22)28/h6-9,14-18H,10-13H2,1-5H3. The number of halogens is 1. The van der Waals surface area contributed by atoms with Crippen molar-refractivity contribution < 1.29 is 14.3 Å². The van der Waals surface area contributed by atoms with E-state index in [-0.39, 0.29) is 17.4 Å². The van der Waals surface area contributed by atoms with Gasteiger partial charge in [-0.1, -0.05) is 26.0 Å². The van der Waals surface area contributed by atoms with Gasteiger partial charge in [-0.3, -0.25) is 14.2 Å². The summed E-state index contributed by atoms with van der Waals surface area (Å²) in [7, 11) is 3.13. The van der Waals surface area contributed by atoms with Crippen molar-refractivity contribution in [2.45, 2.75) is 46.1 Å². The van der Waals surface area contributed by atoms with Crippen LogP contribution < -0.4 is 15.0 Å². The third-order valence-corrected chi connectivity index (χ3v) is 7.29. The van der Waals surface area contributed by atoms with Crippen LogP contribution in [0.4, 0.5) is 0 Å². The summed E-state index contributed by atoms with van der Waals surface area (Å²) in [6.07, 6.45) is 2.71. The number of methoxy groups -OCH3 is 2.